The number of rotatable bonds is 8. The number of benzene rings is 1. The fraction of sp³-hybridized carbons (Fsp3) is 0.320. The van der Waals surface area contributed by atoms with Gasteiger partial charge < -0.3 is 4.74 Å². The van der Waals surface area contributed by atoms with Crippen molar-refractivity contribution in [1.82, 2.24) is 38.7 Å². The number of aryl methyl sites for hydroxylation is 1. The summed E-state index contributed by atoms with van der Waals surface area (Å²) in [5.41, 5.74) is -3.94. The minimum absolute atomic E-state index is 0.0510. The fourth-order valence-electron chi connectivity index (χ4n) is 4.48. The van der Waals surface area contributed by atoms with Gasteiger partial charge in [-0.3, -0.25) is 19.2 Å². The molecule has 0 amide bonds. The molecule has 0 spiro atoms. The highest BCUT2D eigenvalue weighted by Gasteiger charge is 2.38. The van der Waals surface area contributed by atoms with E-state index in [4.69, 9.17) is 10.1 Å². The van der Waals surface area contributed by atoms with E-state index >= 15 is 0 Å². The van der Waals surface area contributed by atoms with E-state index in [2.05, 4.69) is 20.2 Å². The van der Waals surface area contributed by atoms with E-state index in [9.17, 15) is 39.5 Å². The summed E-state index contributed by atoms with van der Waals surface area (Å²) in [5.74, 6) is -0.696. The average molecular weight is 633 g/mol. The first-order valence-electron chi connectivity index (χ1n) is 12.5. The summed E-state index contributed by atoms with van der Waals surface area (Å²) in [6.07, 6.45) is -14.8. The number of hydrogen-bond acceptors (Lipinski definition) is 6. The smallest absolute Gasteiger partial charge is 0.435 e. The number of halogens is 9. The molecule has 1 unspecified atom stereocenters. The normalized spacial score (nSPS) is 13.3. The number of fused-ring (bicyclic) bond motifs is 1. The number of aromatic nitrogens is 8. The number of ether oxygens (including phenoxy) is 1. The largest absolute Gasteiger partial charge is 0.478 e. The number of alkyl halides is 9. The number of nitrogens with zero attached hydrogens (tertiary/aromatic N) is 8. The standard InChI is InChI=1S/C25H20F9N9O/c1-3-44-17-8-16(25(32,33)34)39-43(17)13-6-4-12(5-7-13)11-41-22-15(42(23(41)35)20(28)19(26)27)10-36-21(38-22)18-14(24(29,30)31)9-37-40(18)2/h4-10,19-20,35H,3,11H2,1-2H3. The predicted octanol–water partition coefficient (Wildman–Crippen LogP) is 5.52. The second kappa shape index (κ2) is 11.0. The van der Waals surface area contributed by atoms with Crippen LogP contribution in [-0.4, -0.2) is 51.7 Å². The van der Waals surface area contributed by atoms with Gasteiger partial charge in [0.05, 0.1) is 31.2 Å². The van der Waals surface area contributed by atoms with E-state index in [1.807, 2.05) is 0 Å². The van der Waals surface area contributed by atoms with Gasteiger partial charge in [-0.2, -0.15) is 36.5 Å². The van der Waals surface area contributed by atoms with E-state index in [1.165, 1.54) is 31.3 Å². The van der Waals surface area contributed by atoms with Crippen molar-refractivity contribution in [2.24, 2.45) is 7.05 Å². The van der Waals surface area contributed by atoms with Gasteiger partial charge in [-0.05, 0) is 24.6 Å². The van der Waals surface area contributed by atoms with Crippen LogP contribution in [0.2, 0.25) is 0 Å². The Hall–Kier alpha value is -4.84. The van der Waals surface area contributed by atoms with E-state index < -0.39 is 59.0 Å². The van der Waals surface area contributed by atoms with Gasteiger partial charge in [0.1, 0.15) is 16.8 Å². The molecular weight excluding hydrogens is 613 g/mol. The number of imidazole rings is 1. The predicted molar refractivity (Wildman–Crippen MR) is 134 cm³/mol. The van der Waals surface area contributed by atoms with Crippen LogP contribution in [0.25, 0.3) is 28.4 Å². The molecule has 5 rings (SSSR count). The lowest BCUT2D eigenvalue weighted by atomic mass is 10.2. The maximum atomic E-state index is 14.6. The Morgan fingerprint density at radius 3 is 2.25 bits per heavy atom. The van der Waals surface area contributed by atoms with Gasteiger partial charge in [0.25, 0.3) is 6.43 Å². The van der Waals surface area contributed by atoms with Crippen molar-refractivity contribution < 1.29 is 44.3 Å². The second-order valence-corrected chi connectivity index (χ2v) is 9.29. The minimum Gasteiger partial charge on any atom is -0.478 e. The molecule has 0 fully saturated rings. The summed E-state index contributed by atoms with van der Waals surface area (Å²) in [7, 11) is 1.21. The van der Waals surface area contributed by atoms with Crippen LogP contribution in [0.3, 0.4) is 0 Å². The minimum atomic E-state index is -4.84. The van der Waals surface area contributed by atoms with Gasteiger partial charge in [-0.1, -0.05) is 12.1 Å². The summed E-state index contributed by atoms with van der Waals surface area (Å²) in [5, 5.41) is 15.6. The molecular formula is C25H20F9N9O. The molecule has 0 bridgehead atoms. The molecule has 1 aromatic carbocycles. The third-order valence-electron chi connectivity index (χ3n) is 6.44. The lowest BCUT2D eigenvalue weighted by Gasteiger charge is -2.10. The Bertz CT molecular complexity index is 1870. The molecule has 0 aliphatic carbocycles. The highest BCUT2D eigenvalue weighted by atomic mass is 19.4. The first-order chi connectivity index (χ1) is 20.6. The first kappa shape index (κ1) is 30.6. The molecule has 0 aliphatic heterocycles. The van der Waals surface area contributed by atoms with Crippen LogP contribution < -0.4 is 10.4 Å². The van der Waals surface area contributed by atoms with Crippen LogP contribution in [0.4, 0.5) is 39.5 Å². The molecule has 4 aromatic heterocycles. The maximum absolute atomic E-state index is 14.6. The topological polar surface area (TPSA) is 104 Å². The van der Waals surface area contributed by atoms with Crippen molar-refractivity contribution >= 4 is 11.2 Å². The van der Waals surface area contributed by atoms with Crippen molar-refractivity contribution in [3.8, 4) is 23.1 Å². The first-order valence-corrected chi connectivity index (χ1v) is 12.5. The third kappa shape index (κ3) is 5.48. The molecule has 0 saturated carbocycles. The van der Waals surface area contributed by atoms with Crippen molar-refractivity contribution in [3.05, 3.63) is 65.2 Å². The van der Waals surface area contributed by atoms with Crippen LogP contribution in [-0.2, 0) is 25.9 Å². The van der Waals surface area contributed by atoms with Crippen LogP contribution in [0, 0.1) is 5.41 Å². The molecule has 0 aliphatic rings. The summed E-state index contributed by atoms with van der Waals surface area (Å²) in [6, 6.07) is 6.31. The molecule has 5 aromatic rings. The third-order valence-corrected chi connectivity index (χ3v) is 6.44. The molecule has 1 N–H and O–H groups in total. The molecule has 0 saturated heterocycles. The van der Waals surface area contributed by atoms with Gasteiger partial charge in [0.15, 0.2) is 17.2 Å². The molecule has 10 nitrogen and oxygen atoms in total. The Morgan fingerprint density at radius 2 is 1.66 bits per heavy atom. The lowest BCUT2D eigenvalue weighted by Crippen LogP contribution is -2.29. The number of hydrogen-bond donors (Lipinski definition) is 1. The van der Waals surface area contributed by atoms with E-state index in [0.717, 1.165) is 26.2 Å². The maximum Gasteiger partial charge on any atom is 0.435 e. The zero-order valence-corrected chi connectivity index (χ0v) is 22.5. The van der Waals surface area contributed by atoms with Crippen LogP contribution >= 0.6 is 0 Å². The quantitative estimate of drug-likeness (QED) is 0.227. The van der Waals surface area contributed by atoms with E-state index in [-0.39, 0.29) is 30.4 Å². The summed E-state index contributed by atoms with van der Waals surface area (Å²) < 4.78 is 130. The Balaban J connectivity index is 1.60. The van der Waals surface area contributed by atoms with E-state index in [0.29, 0.717) is 16.3 Å². The molecule has 19 heteroatoms. The second-order valence-electron chi connectivity index (χ2n) is 9.29. The zero-order chi connectivity index (χ0) is 32.1. The molecule has 1 atom stereocenters. The van der Waals surface area contributed by atoms with E-state index in [1.54, 1.807) is 6.92 Å². The highest BCUT2D eigenvalue weighted by molar-refractivity contribution is 5.74. The van der Waals surface area contributed by atoms with Gasteiger partial charge in [-0.15, -0.1) is 0 Å². The van der Waals surface area contributed by atoms with Crippen molar-refractivity contribution in [2.45, 2.75) is 38.5 Å². The van der Waals surface area contributed by atoms with Crippen LogP contribution in [0.5, 0.6) is 5.88 Å². The summed E-state index contributed by atoms with van der Waals surface area (Å²) in [6.45, 7) is 1.30. The molecule has 234 valence electrons. The average Bonchev–Trinajstić information content (AvgIpc) is 3.63. The van der Waals surface area contributed by atoms with Crippen molar-refractivity contribution in [3.63, 3.8) is 0 Å². The Labute approximate surface area is 240 Å². The zero-order valence-electron chi connectivity index (χ0n) is 22.5. The van der Waals surface area contributed by atoms with Crippen LogP contribution in [0.1, 0.15) is 30.0 Å². The SMILES string of the molecule is CCOc1cc(C(F)(F)F)nn1-c1ccc(Cn2c(=N)n(C(F)C(F)F)c3cnc(-c4c(C(F)(F)F)cnn4C)nc32)cc1. The molecule has 0 radical (unpaired) electrons. The van der Waals surface area contributed by atoms with Crippen LogP contribution in [0.15, 0.2) is 42.7 Å². The number of nitrogens with one attached hydrogen (secondary N) is 1. The highest BCUT2D eigenvalue weighted by Crippen LogP contribution is 2.36. The fourth-order valence-corrected chi connectivity index (χ4v) is 4.48. The lowest BCUT2D eigenvalue weighted by molar-refractivity contribution is -0.141. The molecule has 44 heavy (non-hydrogen) atoms. The van der Waals surface area contributed by atoms with Gasteiger partial charge in [-0.25, -0.2) is 27.8 Å². The van der Waals surface area contributed by atoms with Gasteiger partial charge >= 0.3 is 12.4 Å². The van der Waals surface area contributed by atoms with Gasteiger partial charge in [0, 0.05) is 13.1 Å². The summed E-state index contributed by atoms with van der Waals surface area (Å²) in [4.78, 5) is 7.93. The van der Waals surface area contributed by atoms with Crippen molar-refractivity contribution in [1.29, 1.82) is 5.41 Å². The molecule has 4 heterocycles. The Kier molecular flexibility index (Phi) is 7.66. The van der Waals surface area contributed by atoms with Gasteiger partial charge in [0.2, 0.25) is 17.8 Å². The Morgan fingerprint density at radius 1 is 0.977 bits per heavy atom. The monoisotopic (exact) mass is 633 g/mol. The van der Waals surface area contributed by atoms with Crippen molar-refractivity contribution in [2.75, 3.05) is 6.61 Å². The summed E-state index contributed by atoms with van der Waals surface area (Å²) >= 11 is 0.